The summed E-state index contributed by atoms with van der Waals surface area (Å²) in [5.74, 6) is -3.54. The second kappa shape index (κ2) is 13.8. The number of benzene rings is 2. The number of carbonyl (C=O) groups is 2. The Morgan fingerprint density at radius 2 is 1.23 bits per heavy atom. The molecule has 0 saturated heterocycles. The summed E-state index contributed by atoms with van der Waals surface area (Å²) in [5.41, 5.74) is 0.122. The molecule has 0 saturated carbocycles. The number of alkyl halides is 6. The number of nitrogens with two attached hydrogens (primary N) is 1. The first-order valence-electron chi connectivity index (χ1n) is 9.94. The number of hydrogen-bond donors (Lipinski definition) is 4. The summed E-state index contributed by atoms with van der Waals surface area (Å²) in [6, 6.07) is 0.959. The lowest BCUT2D eigenvalue weighted by molar-refractivity contribution is -0.387. The zero-order valence-electron chi connectivity index (χ0n) is 19.6. The molecule has 39 heavy (non-hydrogen) atoms. The van der Waals surface area contributed by atoms with E-state index in [1.54, 1.807) is 0 Å². The highest BCUT2D eigenvalue weighted by atomic mass is 19.4. The molecular weight excluding hydrogens is 557 g/mol. The molecule has 0 fully saturated rings. The molecule has 12 nitrogen and oxygen atoms in total. The van der Waals surface area contributed by atoms with Crippen LogP contribution in [0.2, 0.25) is 0 Å². The topological polar surface area (TPSA) is 199 Å². The lowest BCUT2D eigenvalue weighted by Gasteiger charge is -2.12. The van der Waals surface area contributed by atoms with Crippen molar-refractivity contribution in [3.8, 4) is 0 Å². The minimum absolute atomic E-state index is 0.162. The van der Waals surface area contributed by atoms with Gasteiger partial charge in [0.25, 0.3) is 5.69 Å². The van der Waals surface area contributed by atoms with Gasteiger partial charge in [-0.1, -0.05) is 0 Å². The molecule has 0 heterocycles. The minimum atomic E-state index is -4.71. The van der Waals surface area contributed by atoms with Crippen molar-refractivity contribution in [2.45, 2.75) is 38.3 Å². The number of aliphatic carboxylic acids is 2. The zero-order valence-corrected chi connectivity index (χ0v) is 19.6. The first-order chi connectivity index (χ1) is 17.6. The number of nitro groups is 2. The Kier molecular flexibility index (Phi) is 12.2. The molecular formula is C20H19F7N4O8. The van der Waals surface area contributed by atoms with E-state index in [0.29, 0.717) is 24.3 Å². The van der Waals surface area contributed by atoms with E-state index in [-0.39, 0.29) is 11.8 Å². The van der Waals surface area contributed by atoms with Gasteiger partial charge in [-0.15, -0.1) is 0 Å². The highest BCUT2D eigenvalue weighted by molar-refractivity contribution is 5.78. The second-order valence-corrected chi connectivity index (χ2v) is 7.24. The van der Waals surface area contributed by atoms with Crippen LogP contribution in [0.25, 0.3) is 0 Å². The molecule has 5 N–H and O–H groups in total. The van der Waals surface area contributed by atoms with Crippen molar-refractivity contribution in [2.75, 3.05) is 5.32 Å². The van der Waals surface area contributed by atoms with Gasteiger partial charge in [0.1, 0.15) is 17.8 Å². The number of hydrogen-bond acceptors (Lipinski definition) is 8. The van der Waals surface area contributed by atoms with E-state index in [2.05, 4.69) is 5.32 Å². The number of nitro benzene ring substituents is 2. The van der Waals surface area contributed by atoms with Crippen molar-refractivity contribution in [3.05, 3.63) is 73.6 Å². The van der Waals surface area contributed by atoms with Gasteiger partial charge in [0.15, 0.2) is 0 Å². The number of anilines is 1. The van der Waals surface area contributed by atoms with Crippen molar-refractivity contribution in [1.82, 2.24) is 0 Å². The van der Waals surface area contributed by atoms with Crippen LogP contribution in [0.5, 0.6) is 0 Å². The van der Waals surface area contributed by atoms with Crippen LogP contribution in [0.15, 0.2) is 36.4 Å². The van der Waals surface area contributed by atoms with Crippen molar-refractivity contribution < 1.29 is 60.4 Å². The monoisotopic (exact) mass is 576 g/mol. The normalized spacial score (nSPS) is 12.5. The smallest absolute Gasteiger partial charge is 0.416 e. The second-order valence-electron chi connectivity index (χ2n) is 7.24. The molecule has 0 radical (unpaired) electrons. The zero-order chi connectivity index (χ0) is 30.9. The Morgan fingerprint density at radius 3 is 1.56 bits per heavy atom. The lowest BCUT2D eigenvalue weighted by Crippen LogP contribution is -2.25. The van der Waals surface area contributed by atoms with Crippen LogP contribution in [0.1, 0.15) is 25.0 Å². The van der Waals surface area contributed by atoms with Crippen molar-refractivity contribution in [3.63, 3.8) is 0 Å². The maximum absolute atomic E-state index is 12.6. The summed E-state index contributed by atoms with van der Waals surface area (Å²) < 4.78 is 85.9. The van der Waals surface area contributed by atoms with Crippen LogP contribution >= 0.6 is 0 Å². The fraction of sp³-hybridized carbons (Fsp3) is 0.300. The van der Waals surface area contributed by atoms with E-state index in [9.17, 15) is 60.6 Å². The molecule has 0 spiro atoms. The van der Waals surface area contributed by atoms with Crippen LogP contribution in [0.4, 0.5) is 47.8 Å². The van der Waals surface area contributed by atoms with Gasteiger partial charge >= 0.3 is 30.0 Å². The Bertz CT molecular complexity index is 1200. The van der Waals surface area contributed by atoms with Gasteiger partial charge in [-0.3, -0.25) is 29.8 Å². The van der Waals surface area contributed by atoms with Gasteiger partial charge in [0.2, 0.25) is 5.82 Å². The Labute approximate surface area is 213 Å². The third kappa shape index (κ3) is 11.6. The Hall–Kier alpha value is -4.55. The predicted molar refractivity (Wildman–Crippen MR) is 118 cm³/mol. The number of halogens is 7. The number of rotatable bonds is 6. The first-order valence-corrected chi connectivity index (χ1v) is 9.94. The van der Waals surface area contributed by atoms with E-state index < -0.39 is 74.5 Å². The first kappa shape index (κ1) is 34.5. The van der Waals surface area contributed by atoms with Crippen molar-refractivity contribution >= 4 is 29.0 Å². The summed E-state index contributed by atoms with van der Waals surface area (Å²) in [6.07, 6.45) is -9.42. The number of nitrogens with one attached hydrogen (secondary N) is 1. The average Bonchev–Trinajstić information content (AvgIpc) is 2.78. The van der Waals surface area contributed by atoms with Gasteiger partial charge in [0, 0.05) is 12.1 Å². The van der Waals surface area contributed by atoms with Crippen molar-refractivity contribution in [2.24, 2.45) is 5.73 Å². The predicted octanol–water partition coefficient (Wildman–Crippen LogP) is 4.67. The van der Waals surface area contributed by atoms with Crippen molar-refractivity contribution in [1.29, 1.82) is 0 Å². The largest absolute Gasteiger partial charge is 0.480 e. The average molecular weight is 576 g/mol. The minimum Gasteiger partial charge on any atom is -0.480 e. The third-order valence-corrected chi connectivity index (χ3v) is 4.12. The van der Waals surface area contributed by atoms with Gasteiger partial charge < -0.3 is 21.3 Å². The maximum atomic E-state index is 12.6. The van der Waals surface area contributed by atoms with E-state index >= 15 is 0 Å². The van der Waals surface area contributed by atoms with Crippen LogP contribution in [0.3, 0.4) is 0 Å². The van der Waals surface area contributed by atoms with Gasteiger partial charge in [-0.2, -0.15) is 30.7 Å². The van der Waals surface area contributed by atoms with Gasteiger partial charge in [0.05, 0.1) is 21.0 Å². The van der Waals surface area contributed by atoms with E-state index in [1.165, 1.54) is 13.8 Å². The molecule has 2 rings (SSSR count). The Morgan fingerprint density at radius 1 is 0.846 bits per heavy atom. The Balaban J connectivity index is 0.000000631. The lowest BCUT2D eigenvalue weighted by atomic mass is 10.1. The van der Waals surface area contributed by atoms with E-state index in [4.69, 9.17) is 15.9 Å². The molecule has 0 aromatic heterocycles. The highest BCUT2D eigenvalue weighted by Crippen LogP contribution is 2.35. The maximum Gasteiger partial charge on any atom is 0.416 e. The van der Waals surface area contributed by atoms with Crippen LogP contribution in [0, 0.1) is 26.0 Å². The van der Waals surface area contributed by atoms with Gasteiger partial charge in [-0.25, -0.2) is 0 Å². The molecule has 0 amide bonds. The molecule has 2 aromatic carbocycles. The summed E-state index contributed by atoms with van der Waals surface area (Å²) in [5, 5.41) is 39.6. The molecule has 2 aromatic rings. The van der Waals surface area contributed by atoms with Crippen LogP contribution in [-0.2, 0) is 21.9 Å². The fourth-order valence-corrected chi connectivity index (χ4v) is 2.10. The highest BCUT2D eigenvalue weighted by Gasteiger charge is 2.34. The molecule has 0 aliphatic heterocycles. The van der Waals surface area contributed by atoms with E-state index in [1.807, 2.05) is 0 Å². The van der Waals surface area contributed by atoms with Gasteiger partial charge in [-0.05, 0) is 38.1 Å². The third-order valence-electron chi connectivity index (χ3n) is 4.12. The summed E-state index contributed by atoms with van der Waals surface area (Å²) in [4.78, 5) is 38.8. The van der Waals surface area contributed by atoms with Crippen LogP contribution < -0.4 is 11.1 Å². The molecule has 19 heteroatoms. The summed E-state index contributed by atoms with van der Waals surface area (Å²) in [7, 11) is 0. The summed E-state index contributed by atoms with van der Waals surface area (Å²) >= 11 is 0. The molecule has 0 aliphatic rings. The van der Waals surface area contributed by atoms with Crippen LogP contribution in [-0.4, -0.2) is 44.1 Å². The van der Waals surface area contributed by atoms with E-state index in [0.717, 1.165) is 6.07 Å². The summed E-state index contributed by atoms with van der Waals surface area (Å²) in [6.45, 7) is 2.63. The SMILES string of the molecule is C[C@H](N)C(=O)O.C[C@H](Nc1ccc(C(F)(F)F)cc1[N+](=O)[O-])C(=O)O.O=[N+]([O-])c1cc(C(F)(F)F)ccc1F. The number of carboxylic acid groups (broad SMARTS) is 2. The molecule has 2 atom stereocenters. The number of nitrogens with zero attached hydrogens (tertiary/aromatic N) is 2. The molecule has 0 unspecified atom stereocenters. The molecule has 0 aliphatic carbocycles. The molecule has 0 bridgehead atoms. The standard InChI is InChI=1S/C10H9F3N2O4.C7H3F4NO2.C3H7NO2/c1-5(9(16)17)14-7-3-2-6(10(11,12)13)4-8(7)15(18)19;8-5-2-1-4(7(9,10)11)3-6(5)12(13)14;1-2(4)3(5)6/h2-5,14H,1H3,(H,16,17);1-3H;2H,4H2,1H3,(H,5,6)/t5-;;2-/m0.0/s1. The quantitative estimate of drug-likeness (QED) is 0.213. The number of carboxylic acids is 2. The molecule has 216 valence electrons. The fourth-order valence-electron chi connectivity index (χ4n) is 2.10.